The van der Waals surface area contributed by atoms with Crippen molar-refractivity contribution in [2.24, 2.45) is 5.92 Å². The van der Waals surface area contributed by atoms with Gasteiger partial charge in [0.2, 0.25) is 16.0 Å². The minimum absolute atomic E-state index is 0.0138. The summed E-state index contributed by atoms with van der Waals surface area (Å²) in [6, 6.07) is 2.12. The number of fused-ring (bicyclic) bond motifs is 1. The molecule has 0 aromatic carbocycles. The van der Waals surface area contributed by atoms with Crippen LogP contribution in [0.1, 0.15) is 51.4 Å². The zero-order valence-electron chi connectivity index (χ0n) is 22.5. The fraction of sp³-hybridized carbons (Fsp3) is 0.600. The van der Waals surface area contributed by atoms with E-state index in [1.54, 1.807) is 24.6 Å². The highest BCUT2D eigenvalue weighted by molar-refractivity contribution is 7.88. The Labute approximate surface area is 223 Å². The lowest BCUT2D eigenvalue weighted by molar-refractivity contribution is 0.128. The van der Waals surface area contributed by atoms with Crippen LogP contribution in [0.2, 0.25) is 0 Å². The number of thiazole rings is 1. The molecule has 0 aliphatic heterocycles. The lowest BCUT2D eigenvalue weighted by atomic mass is 9.87. The molecular weight excluding hydrogens is 510 g/mol. The van der Waals surface area contributed by atoms with Crippen molar-refractivity contribution in [1.29, 1.82) is 0 Å². The van der Waals surface area contributed by atoms with Gasteiger partial charge in [0, 0.05) is 31.4 Å². The topological polar surface area (TPSA) is 131 Å². The quantitative estimate of drug-likeness (QED) is 0.343. The second-order valence-electron chi connectivity index (χ2n) is 10.5. The summed E-state index contributed by atoms with van der Waals surface area (Å²) in [5.74, 6) is 1.45. The summed E-state index contributed by atoms with van der Waals surface area (Å²) in [7, 11) is -1.63. The molecule has 37 heavy (non-hydrogen) atoms. The number of ether oxygens (including phenoxy) is 1. The first-order valence-corrected chi connectivity index (χ1v) is 15.2. The largest absolute Gasteiger partial charge is 0.380 e. The van der Waals surface area contributed by atoms with Crippen LogP contribution in [-0.2, 0) is 14.8 Å². The number of nitrogens with one attached hydrogen (secondary N) is 3. The molecule has 202 valence electrons. The van der Waals surface area contributed by atoms with E-state index in [0.29, 0.717) is 12.5 Å². The summed E-state index contributed by atoms with van der Waals surface area (Å²) >= 11 is 1.60. The molecule has 3 N–H and O–H groups in total. The zero-order valence-corrected chi connectivity index (χ0v) is 24.2. The first kappa shape index (κ1) is 27.6. The highest BCUT2D eigenvalue weighted by Gasteiger charge is 2.38. The van der Waals surface area contributed by atoms with Gasteiger partial charge in [-0.15, -0.1) is 11.3 Å². The molecule has 0 radical (unpaired) electrons. The first-order valence-electron chi connectivity index (χ1n) is 12.5. The van der Waals surface area contributed by atoms with Gasteiger partial charge in [0.05, 0.1) is 34.0 Å². The molecule has 3 aromatic rings. The van der Waals surface area contributed by atoms with E-state index in [1.165, 1.54) is 6.26 Å². The molecule has 0 bridgehead atoms. The van der Waals surface area contributed by atoms with Crippen LogP contribution in [0, 0.1) is 19.8 Å². The Balaban J connectivity index is 1.66. The summed E-state index contributed by atoms with van der Waals surface area (Å²) in [6.45, 7) is 10.4. The fourth-order valence-corrected chi connectivity index (χ4v) is 7.18. The molecule has 1 fully saturated rings. The second kappa shape index (κ2) is 10.8. The van der Waals surface area contributed by atoms with E-state index in [0.717, 1.165) is 57.3 Å². The van der Waals surface area contributed by atoms with E-state index in [4.69, 9.17) is 19.7 Å². The number of pyridine rings is 1. The zero-order chi connectivity index (χ0) is 27.0. The van der Waals surface area contributed by atoms with Crippen LogP contribution in [0.5, 0.6) is 0 Å². The average molecular weight is 548 g/mol. The Morgan fingerprint density at radius 3 is 2.62 bits per heavy atom. The number of rotatable bonds is 10. The number of sulfonamides is 1. The fourth-order valence-electron chi connectivity index (χ4n) is 4.94. The third-order valence-electron chi connectivity index (χ3n) is 6.99. The molecule has 0 saturated heterocycles. The van der Waals surface area contributed by atoms with E-state index < -0.39 is 15.6 Å². The van der Waals surface area contributed by atoms with Crippen molar-refractivity contribution in [3.05, 3.63) is 23.7 Å². The van der Waals surface area contributed by atoms with Gasteiger partial charge >= 0.3 is 0 Å². The lowest BCUT2D eigenvalue weighted by Gasteiger charge is -2.32. The SMILES string of the molecule is COC(C)CNc1nc(C)c(-c2nc3c(C)nccc3s2)c(NC2CCC(C(C)(C)NS(C)(=O)=O)C2)n1. The molecule has 4 rings (SSSR count). The van der Waals surface area contributed by atoms with Gasteiger partial charge in [0.15, 0.2) is 0 Å². The molecule has 12 heteroatoms. The Morgan fingerprint density at radius 2 is 1.95 bits per heavy atom. The van der Waals surface area contributed by atoms with Crippen molar-refractivity contribution < 1.29 is 13.2 Å². The maximum absolute atomic E-state index is 11.9. The monoisotopic (exact) mass is 547 g/mol. The summed E-state index contributed by atoms with van der Waals surface area (Å²) in [5, 5.41) is 7.79. The molecule has 10 nitrogen and oxygen atoms in total. The van der Waals surface area contributed by atoms with Gasteiger partial charge in [-0.3, -0.25) is 4.98 Å². The maximum atomic E-state index is 11.9. The number of hydrogen-bond acceptors (Lipinski definition) is 10. The molecule has 3 unspecified atom stereocenters. The number of anilines is 2. The van der Waals surface area contributed by atoms with Crippen molar-refractivity contribution in [3.63, 3.8) is 0 Å². The molecule has 3 atom stereocenters. The van der Waals surface area contributed by atoms with Crippen molar-refractivity contribution in [2.45, 2.75) is 71.6 Å². The second-order valence-corrected chi connectivity index (χ2v) is 13.3. The van der Waals surface area contributed by atoms with Crippen molar-refractivity contribution in [2.75, 3.05) is 30.5 Å². The number of methoxy groups -OCH3 is 1. The first-order chi connectivity index (χ1) is 17.4. The highest BCUT2D eigenvalue weighted by atomic mass is 32.2. The van der Waals surface area contributed by atoms with Crippen LogP contribution < -0.4 is 15.4 Å². The van der Waals surface area contributed by atoms with E-state index in [-0.39, 0.29) is 18.1 Å². The molecule has 1 aliphatic rings. The van der Waals surface area contributed by atoms with Gasteiger partial charge < -0.3 is 15.4 Å². The summed E-state index contributed by atoms with van der Waals surface area (Å²) in [6.07, 6.45) is 5.67. The number of aromatic nitrogens is 4. The van der Waals surface area contributed by atoms with Gasteiger partial charge in [-0.25, -0.2) is 23.1 Å². The Hall–Kier alpha value is -2.41. The summed E-state index contributed by atoms with van der Waals surface area (Å²) in [5.41, 5.74) is 2.94. The molecule has 1 aliphatic carbocycles. The van der Waals surface area contributed by atoms with Crippen LogP contribution >= 0.6 is 11.3 Å². The Bertz CT molecular complexity index is 1370. The van der Waals surface area contributed by atoms with Crippen molar-refractivity contribution in [3.8, 4) is 10.6 Å². The minimum Gasteiger partial charge on any atom is -0.380 e. The minimum atomic E-state index is -3.30. The van der Waals surface area contributed by atoms with E-state index in [2.05, 4.69) is 20.3 Å². The van der Waals surface area contributed by atoms with Crippen molar-refractivity contribution in [1.82, 2.24) is 24.7 Å². The predicted octanol–water partition coefficient (Wildman–Crippen LogP) is 4.12. The van der Waals surface area contributed by atoms with E-state index in [1.807, 2.05) is 40.7 Å². The average Bonchev–Trinajstić information content (AvgIpc) is 3.44. The lowest BCUT2D eigenvalue weighted by Crippen LogP contribution is -2.48. The van der Waals surface area contributed by atoms with Crippen LogP contribution in [0.4, 0.5) is 11.8 Å². The summed E-state index contributed by atoms with van der Waals surface area (Å²) < 4.78 is 33.1. The number of hydrogen-bond donors (Lipinski definition) is 3. The van der Waals surface area contributed by atoms with E-state index >= 15 is 0 Å². The molecule has 0 spiro atoms. The molecule has 1 saturated carbocycles. The van der Waals surface area contributed by atoms with Gasteiger partial charge in [-0.1, -0.05) is 0 Å². The molecule has 0 amide bonds. The molecule has 3 aromatic heterocycles. The van der Waals surface area contributed by atoms with Crippen LogP contribution in [0.25, 0.3) is 20.8 Å². The standard InChI is InChI=1S/C25H37N7O3S2/c1-14(35-6)13-27-24-28-15(2)20(23-30-21-16(3)26-11-10-19(21)36-23)22(31-24)29-18-9-8-17(12-18)25(4,5)32-37(7,33)34/h10-11,14,17-18,32H,8-9,12-13H2,1-7H3,(H2,27,28,29,31). The third kappa shape index (κ3) is 6.54. The van der Waals surface area contributed by atoms with Crippen LogP contribution in [-0.4, -0.2) is 65.9 Å². The maximum Gasteiger partial charge on any atom is 0.224 e. The molecule has 3 heterocycles. The Kier molecular flexibility index (Phi) is 8.03. The number of aryl methyl sites for hydroxylation is 2. The third-order valence-corrected chi connectivity index (χ3v) is 8.92. The highest BCUT2D eigenvalue weighted by Crippen LogP contribution is 2.40. The summed E-state index contributed by atoms with van der Waals surface area (Å²) in [4.78, 5) is 18.9. The van der Waals surface area contributed by atoms with Crippen LogP contribution in [0.15, 0.2) is 12.3 Å². The van der Waals surface area contributed by atoms with Gasteiger partial charge in [0.25, 0.3) is 0 Å². The van der Waals surface area contributed by atoms with Gasteiger partial charge in [-0.2, -0.15) is 4.98 Å². The predicted molar refractivity (Wildman–Crippen MR) is 150 cm³/mol. The van der Waals surface area contributed by atoms with Crippen LogP contribution in [0.3, 0.4) is 0 Å². The van der Waals surface area contributed by atoms with Crippen molar-refractivity contribution >= 4 is 43.3 Å². The van der Waals surface area contributed by atoms with E-state index in [9.17, 15) is 8.42 Å². The number of nitrogens with zero attached hydrogens (tertiary/aromatic N) is 4. The Morgan fingerprint density at radius 1 is 1.19 bits per heavy atom. The van der Waals surface area contributed by atoms with Gasteiger partial charge in [-0.05, 0) is 65.9 Å². The molecular formula is C25H37N7O3S2. The normalized spacial score (nSPS) is 19.3. The smallest absolute Gasteiger partial charge is 0.224 e. The van der Waals surface area contributed by atoms with Gasteiger partial charge in [0.1, 0.15) is 16.3 Å².